The standard InChI is InChI=1S/C11H16N2S.ClH/c1-2-7-14-8-6-13-10-11-4-3-5-12-9-11;/h2-5,9,13H,1,6-8,10H2;1H. The van der Waals surface area contributed by atoms with E-state index in [-0.39, 0.29) is 12.4 Å². The maximum atomic E-state index is 4.05. The average molecular weight is 245 g/mol. The summed E-state index contributed by atoms with van der Waals surface area (Å²) in [5.41, 5.74) is 1.24. The summed E-state index contributed by atoms with van der Waals surface area (Å²) in [5, 5.41) is 3.37. The summed E-state index contributed by atoms with van der Waals surface area (Å²) in [5.74, 6) is 2.17. The van der Waals surface area contributed by atoms with Gasteiger partial charge in [-0.1, -0.05) is 12.1 Å². The molecule has 0 aromatic carbocycles. The van der Waals surface area contributed by atoms with E-state index < -0.39 is 0 Å². The van der Waals surface area contributed by atoms with Gasteiger partial charge in [0, 0.05) is 37.0 Å². The maximum absolute atomic E-state index is 4.05. The van der Waals surface area contributed by atoms with E-state index in [1.165, 1.54) is 5.56 Å². The van der Waals surface area contributed by atoms with Crippen LogP contribution < -0.4 is 5.32 Å². The highest BCUT2D eigenvalue weighted by atomic mass is 35.5. The molecule has 0 aliphatic carbocycles. The van der Waals surface area contributed by atoms with Crippen LogP contribution in [0.25, 0.3) is 0 Å². The topological polar surface area (TPSA) is 24.9 Å². The number of pyridine rings is 1. The van der Waals surface area contributed by atoms with Gasteiger partial charge in [-0.2, -0.15) is 11.8 Å². The summed E-state index contributed by atoms with van der Waals surface area (Å²) in [7, 11) is 0. The van der Waals surface area contributed by atoms with E-state index in [1.54, 1.807) is 6.20 Å². The second-order valence-corrected chi connectivity index (χ2v) is 4.05. The van der Waals surface area contributed by atoms with E-state index in [0.29, 0.717) is 0 Å². The zero-order valence-electron chi connectivity index (χ0n) is 8.69. The van der Waals surface area contributed by atoms with Crippen LogP contribution in [0, 0.1) is 0 Å². The molecular formula is C11H17ClN2S. The van der Waals surface area contributed by atoms with Crippen molar-refractivity contribution in [2.45, 2.75) is 6.54 Å². The van der Waals surface area contributed by atoms with Crippen molar-refractivity contribution in [3.8, 4) is 0 Å². The Balaban J connectivity index is 0.00000196. The molecule has 1 heterocycles. The van der Waals surface area contributed by atoms with Crippen LogP contribution in [0.2, 0.25) is 0 Å². The predicted octanol–water partition coefficient (Wildman–Crippen LogP) is 2.51. The number of nitrogens with zero attached hydrogens (tertiary/aromatic N) is 1. The first-order valence-corrected chi connectivity index (χ1v) is 5.87. The van der Waals surface area contributed by atoms with Crippen LogP contribution in [-0.2, 0) is 6.54 Å². The number of thioether (sulfide) groups is 1. The van der Waals surface area contributed by atoms with E-state index in [1.807, 2.05) is 30.1 Å². The smallest absolute Gasteiger partial charge is 0.0312 e. The zero-order valence-corrected chi connectivity index (χ0v) is 10.3. The highest BCUT2D eigenvalue weighted by molar-refractivity contribution is 7.99. The lowest BCUT2D eigenvalue weighted by Crippen LogP contribution is -2.16. The van der Waals surface area contributed by atoms with Crippen LogP contribution in [0.15, 0.2) is 37.2 Å². The lowest BCUT2D eigenvalue weighted by molar-refractivity contribution is 0.730. The van der Waals surface area contributed by atoms with E-state index in [9.17, 15) is 0 Å². The Morgan fingerprint density at radius 2 is 2.40 bits per heavy atom. The second-order valence-electron chi connectivity index (χ2n) is 2.90. The Labute approximate surface area is 102 Å². The van der Waals surface area contributed by atoms with E-state index in [2.05, 4.69) is 22.9 Å². The molecule has 1 aromatic rings. The third kappa shape index (κ3) is 7.42. The molecule has 0 amide bonds. The fraction of sp³-hybridized carbons (Fsp3) is 0.364. The Morgan fingerprint density at radius 3 is 3.07 bits per heavy atom. The molecular weight excluding hydrogens is 228 g/mol. The fourth-order valence-electron chi connectivity index (χ4n) is 1.05. The molecule has 4 heteroatoms. The predicted molar refractivity (Wildman–Crippen MR) is 70.7 cm³/mol. The van der Waals surface area contributed by atoms with Gasteiger partial charge >= 0.3 is 0 Å². The van der Waals surface area contributed by atoms with Gasteiger partial charge < -0.3 is 5.32 Å². The highest BCUT2D eigenvalue weighted by Gasteiger charge is 1.90. The van der Waals surface area contributed by atoms with Gasteiger partial charge in [-0.05, 0) is 11.6 Å². The third-order valence-corrected chi connectivity index (χ3v) is 2.67. The number of rotatable bonds is 7. The average Bonchev–Trinajstić information content (AvgIpc) is 2.25. The molecule has 1 N–H and O–H groups in total. The van der Waals surface area contributed by atoms with Crippen molar-refractivity contribution in [2.24, 2.45) is 0 Å². The minimum absolute atomic E-state index is 0. The van der Waals surface area contributed by atoms with E-state index >= 15 is 0 Å². The van der Waals surface area contributed by atoms with E-state index in [0.717, 1.165) is 24.6 Å². The van der Waals surface area contributed by atoms with Gasteiger partial charge in [0.2, 0.25) is 0 Å². The van der Waals surface area contributed by atoms with Gasteiger partial charge in [0.25, 0.3) is 0 Å². The zero-order chi connectivity index (χ0) is 10.1. The molecule has 0 spiro atoms. The third-order valence-electron chi connectivity index (χ3n) is 1.71. The van der Waals surface area contributed by atoms with Crippen molar-refractivity contribution in [1.82, 2.24) is 10.3 Å². The van der Waals surface area contributed by atoms with Gasteiger partial charge in [-0.3, -0.25) is 4.98 Å². The van der Waals surface area contributed by atoms with Crippen molar-refractivity contribution < 1.29 is 0 Å². The number of hydrogen-bond acceptors (Lipinski definition) is 3. The number of hydrogen-bond donors (Lipinski definition) is 1. The molecule has 0 aliphatic heterocycles. The van der Waals surface area contributed by atoms with Gasteiger partial charge in [-0.15, -0.1) is 19.0 Å². The minimum Gasteiger partial charge on any atom is -0.312 e. The second kappa shape index (κ2) is 10.0. The largest absolute Gasteiger partial charge is 0.312 e. The van der Waals surface area contributed by atoms with Crippen LogP contribution in [-0.4, -0.2) is 23.0 Å². The molecule has 1 rings (SSSR count). The van der Waals surface area contributed by atoms with Crippen LogP contribution in [0.5, 0.6) is 0 Å². The molecule has 0 unspecified atom stereocenters. The lowest BCUT2D eigenvalue weighted by Gasteiger charge is -2.03. The lowest BCUT2D eigenvalue weighted by atomic mass is 10.3. The van der Waals surface area contributed by atoms with Crippen LogP contribution in [0.3, 0.4) is 0 Å². The summed E-state index contributed by atoms with van der Waals surface area (Å²) < 4.78 is 0. The SMILES string of the molecule is C=CCSCCNCc1cccnc1.Cl. The first-order valence-electron chi connectivity index (χ1n) is 4.71. The molecule has 84 valence electrons. The molecule has 0 bridgehead atoms. The van der Waals surface area contributed by atoms with Gasteiger partial charge in [0.15, 0.2) is 0 Å². The molecule has 1 aromatic heterocycles. The molecule has 2 nitrogen and oxygen atoms in total. The van der Waals surface area contributed by atoms with Crippen LogP contribution in [0.1, 0.15) is 5.56 Å². The molecule has 0 saturated carbocycles. The first-order chi connectivity index (χ1) is 6.93. The van der Waals surface area contributed by atoms with Crippen molar-refractivity contribution in [3.05, 3.63) is 42.7 Å². The molecule has 15 heavy (non-hydrogen) atoms. The van der Waals surface area contributed by atoms with Crippen LogP contribution >= 0.6 is 24.2 Å². The Bertz CT molecular complexity index is 254. The van der Waals surface area contributed by atoms with Crippen molar-refractivity contribution in [3.63, 3.8) is 0 Å². The van der Waals surface area contributed by atoms with Gasteiger partial charge in [0.05, 0.1) is 0 Å². The number of halogens is 1. The Hall–Kier alpha value is -0.510. The molecule has 0 saturated heterocycles. The van der Waals surface area contributed by atoms with Crippen molar-refractivity contribution in [2.75, 3.05) is 18.1 Å². The van der Waals surface area contributed by atoms with Crippen LogP contribution in [0.4, 0.5) is 0 Å². The Kier molecular flexibility index (Phi) is 9.68. The number of aromatic nitrogens is 1. The highest BCUT2D eigenvalue weighted by Crippen LogP contribution is 1.98. The normalized spacial score (nSPS) is 9.33. The van der Waals surface area contributed by atoms with Gasteiger partial charge in [0.1, 0.15) is 0 Å². The molecule has 0 radical (unpaired) electrons. The van der Waals surface area contributed by atoms with E-state index in [4.69, 9.17) is 0 Å². The summed E-state index contributed by atoms with van der Waals surface area (Å²) in [4.78, 5) is 4.05. The minimum atomic E-state index is 0. The first kappa shape index (κ1) is 14.5. The maximum Gasteiger partial charge on any atom is 0.0312 e. The summed E-state index contributed by atoms with van der Waals surface area (Å²) in [6.45, 7) is 5.62. The van der Waals surface area contributed by atoms with Crippen molar-refractivity contribution >= 4 is 24.2 Å². The summed E-state index contributed by atoms with van der Waals surface area (Å²) in [6.07, 6.45) is 5.62. The molecule has 0 fully saturated rings. The summed E-state index contributed by atoms with van der Waals surface area (Å²) in [6, 6.07) is 4.04. The monoisotopic (exact) mass is 244 g/mol. The summed E-state index contributed by atoms with van der Waals surface area (Å²) >= 11 is 1.89. The van der Waals surface area contributed by atoms with Crippen molar-refractivity contribution in [1.29, 1.82) is 0 Å². The van der Waals surface area contributed by atoms with Gasteiger partial charge in [-0.25, -0.2) is 0 Å². The quantitative estimate of drug-likeness (QED) is 0.589. The fourth-order valence-corrected chi connectivity index (χ4v) is 1.67. The Morgan fingerprint density at radius 1 is 1.53 bits per heavy atom. The molecule has 0 aliphatic rings. The number of nitrogens with one attached hydrogen (secondary N) is 1. The molecule has 0 atom stereocenters.